The minimum absolute atomic E-state index is 0.185. The van der Waals surface area contributed by atoms with Crippen molar-refractivity contribution in [2.24, 2.45) is 11.5 Å². The second kappa shape index (κ2) is 14.8. The first kappa shape index (κ1) is 28.8. The lowest BCUT2D eigenvalue weighted by Crippen LogP contribution is -2.46. The molecule has 1 saturated heterocycles. The zero-order valence-electron chi connectivity index (χ0n) is 20.9. The zero-order chi connectivity index (χ0) is 26.5. The molecule has 0 spiro atoms. The number of nitrogens with zero attached hydrogens (tertiary/aromatic N) is 3. The number of carbonyl (C=O) groups excluding carboxylic acids is 2. The molecule has 1 aliphatic heterocycles. The van der Waals surface area contributed by atoms with Crippen molar-refractivity contribution in [2.45, 2.75) is 25.3 Å². The molecule has 1 aliphatic rings. The van der Waals surface area contributed by atoms with Crippen molar-refractivity contribution in [2.75, 3.05) is 68.8 Å². The van der Waals surface area contributed by atoms with Crippen molar-refractivity contribution in [3.05, 3.63) is 36.4 Å². The minimum atomic E-state index is -0.572. The topological polar surface area (TPSA) is 205 Å². The molecule has 12 nitrogen and oxygen atoms in total. The summed E-state index contributed by atoms with van der Waals surface area (Å²) in [4.78, 5) is 31.8. The Labute approximate surface area is 212 Å². The van der Waals surface area contributed by atoms with Crippen LogP contribution in [-0.2, 0) is 9.59 Å². The van der Waals surface area contributed by atoms with E-state index in [-0.39, 0.29) is 17.7 Å². The number of esters is 1. The highest BCUT2D eigenvalue weighted by Gasteiger charge is 2.18. The number of amides is 1. The highest BCUT2D eigenvalue weighted by atomic mass is 16.5. The molecular formula is C24H39N9O3. The molecule has 1 fully saturated rings. The van der Waals surface area contributed by atoms with E-state index in [0.29, 0.717) is 42.5 Å². The lowest BCUT2D eigenvalue weighted by molar-refractivity contribution is -0.136. The number of hydrogen-bond acceptors (Lipinski definition) is 11. The van der Waals surface area contributed by atoms with Gasteiger partial charge in [0.1, 0.15) is 11.6 Å². The Hall–Kier alpha value is -3.45. The molecule has 1 aromatic heterocycles. The molecule has 198 valence electrons. The molecule has 0 saturated carbocycles. The molecule has 1 atom stereocenters. The summed E-state index contributed by atoms with van der Waals surface area (Å²) in [5.41, 5.74) is 28.8. The van der Waals surface area contributed by atoms with Crippen molar-refractivity contribution >= 4 is 34.9 Å². The summed E-state index contributed by atoms with van der Waals surface area (Å²) in [6, 6.07) is 9.63. The normalized spacial score (nSPS) is 14.9. The molecule has 0 radical (unpaired) electrons. The van der Waals surface area contributed by atoms with Gasteiger partial charge >= 0.3 is 5.97 Å². The second-order valence-corrected chi connectivity index (χ2v) is 8.64. The molecule has 3 rings (SSSR count). The first-order chi connectivity index (χ1) is 17.2. The van der Waals surface area contributed by atoms with Gasteiger partial charge in [0.05, 0.1) is 24.0 Å². The van der Waals surface area contributed by atoms with Crippen LogP contribution in [0.25, 0.3) is 0 Å². The lowest BCUT2D eigenvalue weighted by atomic mass is 10.1. The molecule has 36 heavy (non-hydrogen) atoms. The van der Waals surface area contributed by atoms with E-state index in [1.807, 2.05) is 6.07 Å². The Balaban J connectivity index is 0.000000254. The van der Waals surface area contributed by atoms with E-state index in [1.165, 1.54) is 0 Å². The number of unbranched alkanes of at least 4 members (excludes halogenated alkanes) is 1. The summed E-state index contributed by atoms with van der Waals surface area (Å²) in [5.74, 6) is 0.434. The number of carbonyl (C=O) groups is 2. The highest BCUT2D eigenvalue weighted by molar-refractivity contribution is 5.94. The zero-order valence-corrected chi connectivity index (χ0v) is 20.9. The average molecular weight is 502 g/mol. The van der Waals surface area contributed by atoms with E-state index in [1.54, 1.807) is 30.3 Å². The van der Waals surface area contributed by atoms with Crippen LogP contribution in [0.3, 0.4) is 0 Å². The molecule has 1 amide bonds. The molecular weight excluding hydrogens is 462 g/mol. The number of hydrogen-bond donors (Lipinski definition) is 6. The quantitative estimate of drug-likeness (QED) is 0.117. The number of pyridine rings is 1. The molecule has 0 bridgehead atoms. The van der Waals surface area contributed by atoms with Gasteiger partial charge in [-0.05, 0) is 50.7 Å². The van der Waals surface area contributed by atoms with E-state index in [2.05, 4.69) is 27.1 Å². The summed E-state index contributed by atoms with van der Waals surface area (Å²) in [6.45, 7) is 4.69. The largest absolute Gasteiger partial charge is 0.423 e. The number of ether oxygens (including phenoxy) is 1. The first-order valence-corrected chi connectivity index (χ1v) is 11.9. The Kier molecular flexibility index (Phi) is 11.9. The Morgan fingerprint density at radius 3 is 2.36 bits per heavy atom. The van der Waals surface area contributed by atoms with Crippen LogP contribution >= 0.6 is 0 Å². The number of nitrogens with two attached hydrogens (primary N) is 5. The van der Waals surface area contributed by atoms with Gasteiger partial charge in [-0.25, -0.2) is 4.98 Å². The highest BCUT2D eigenvalue weighted by Crippen LogP contribution is 2.20. The predicted octanol–water partition coefficient (Wildman–Crippen LogP) is 0.0624. The predicted molar refractivity (Wildman–Crippen MR) is 143 cm³/mol. The standard InChI is InChI=1S/C13H19N3O2.C11H20N6O/c1-15-6-8-16(9-7-15)10-13(17)18-12-5-3-2-4-11(12)14;12-6-2-1-3-8(14)11(18)17-9-5-4-7(13)10(15)16-9/h2-5H,6-10,14H2,1H3;4-5,8H,1-3,6,12-14H2,(H3,15,16,17,18). The van der Waals surface area contributed by atoms with Crippen LogP contribution in [0.2, 0.25) is 0 Å². The fourth-order valence-electron chi connectivity index (χ4n) is 3.33. The molecule has 11 N–H and O–H groups in total. The van der Waals surface area contributed by atoms with Crippen molar-refractivity contribution in [3.8, 4) is 5.75 Å². The molecule has 12 heteroatoms. The minimum Gasteiger partial charge on any atom is -0.423 e. The number of nitrogen functional groups attached to an aromatic ring is 3. The van der Waals surface area contributed by atoms with Gasteiger partial charge in [0, 0.05) is 26.2 Å². The van der Waals surface area contributed by atoms with Gasteiger partial charge in [-0.2, -0.15) is 0 Å². The third-order valence-electron chi connectivity index (χ3n) is 5.61. The van der Waals surface area contributed by atoms with Crippen molar-refractivity contribution in [1.82, 2.24) is 14.8 Å². The van der Waals surface area contributed by atoms with Gasteiger partial charge in [0.25, 0.3) is 0 Å². The number of likely N-dealkylation sites (N-methyl/N-ethyl adjacent to an activating group) is 1. The fraction of sp³-hybridized carbons (Fsp3) is 0.458. The Morgan fingerprint density at radius 2 is 1.72 bits per heavy atom. The van der Waals surface area contributed by atoms with Crippen LogP contribution in [0.5, 0.6) is 5.75 Å². The van der Waals surface area contributed by atoms with Crippen molar-refractivity contribution in [1.29, 1.82) is 0 Å². The van der Waals surface area contributed by atoms with Gasteiger partial charge in [-0.15, -0.1) is 0 Å². The van der Waals surface area contributed by atoms with Crippen LogP contribution in [0.1, 0.15) is 19.3 Å². The van der Waals surface area contributed by atoms with Gasteiger partial charge in [-0.3, -0.25) is 14.5 Å². The number of rotatable bonds is 9. The molecule has 2 heterocycles. The first-order valence-electron chi connectivity index (χ1n) is 11.9. The third-order valence-corrected chi connectivity index (χ3v) is 5.61. The maximum atomic E-state index is 11.8. The molecule has 1 unspecified atom stereocenters. The van der Waals surface area contributed by atoms with Crippen LogP contribution in [0.4, 0.5) is 23.0 Å². The van der Waals surface area contributed by atoms with E-state index >= 15 is 0 Å². The Morgan fingerprint density at radius 1 is 1.03 bits per heavy atom. The number of anilines is 4. The maximum Gasteiger partial charge on any atom is 0.325 e. The molecule has 2 aromatic rings. The van der Waals surface area contributed by atoms with Gasteiger partial charge in [0.2, 0.25) is 5.91 Å². The number of benzene rings is 1. The maximum absolute atomic E-state index is 11.8. The van der Waals surface area contributed by atoms with E-state index in [4.69, 9.17) is 33.4 Å². The van der Waals surface area contributed by atoms with Gasteiger partial charge in [0.15, 0.2) is 5.75 Å². The van der Waals surface area contributed by atoms with Crippen LogP contribution < -0.4 is 38.7 Å². The fourth-order valence-corrected chi connectivity index (χ4v) is 3.33. The van der Waals surface area contributed by atoms with Crippen molar-refractivity contribution in [3.63, 3.8) is 0 Å². The summed E-state index contributed by atoms with van der Waals surface area (Å²) < 4.78 is 5.26. The van der Waals surface area contributed by atoms with E-state index < -0.39 is 6.04 Å². The number of para-hydroxylation sites is 2. The SMILES string of the molecule is CN1CCN(CC(=O)Oc2ccccc2N)CC1.NCCCCC(N)C(=O)Nc1ccc(N)c(N)n1. The van der Waals surface area contributed by atoms with Crippen LogP contribution in [0, 0.1) is 0 Å². The number of aromatic nitrogens is 1. The number of nitrogens with one attached hydrogen (secondary N) is 1. The van der Waals surface area contributed by atoms with Gasteiger partial charge < -0.3 is 43.6 Å². The summed E-state index contributed by atoms with van der Waals surface area (Å²) in [7, 11) is 2.08. The van der Waals surface area contributed by atoms with Gasteiger partial charge in [-0.1, -0.05) is 18.6 Å². The molecule has 0 aliphatic carbocycles. The number of piperazine rings is 1. The second-order valence-electron chi connectivity index (χ2n) is 8.64. The third kappa shape index (κ3) is 10.0. The Bertz CT molecular complexity index is 981. The van der Waals surface area contributed by atoms with Crippen molar-refractivity contribution < 1.29 is 14.3 Å². The lowest BCUT2D eigenvalue weighted by Gasteiger charge is -2.31. The average Bonchev–Trinajstić information content (AvgIpc) is 2.85. The summed E-state index contributed by atoms with van der Waals surface area (Å²) in [6.07, 6.45) is 2.27. The van der Waals surface area contributed by atoms with Crippen LogP contribution in [0.15, 0.2) is 36.4 Å². The summed E-state index contributed by atoms with van der Waals surface area (Å²) >= 11 is 0. The molecule has 1 aromatic carbocycles. The smallest absolute Gasteiger partial charge is 0.325 e. The van der Waals surface area contributed by atoms with Crippen LogP contribution in [-0.4, -0.2) is 79.0 Å². The summed E-state index contributed by atoms with van der Waals surface area (Å²) in [5, 5.41) is 2.59. The van der Waals surface area contributed by atoms with E-state index in [0.717, 1.165) is 39.0 Å². The van der Waals surface area contributed by atoms with E-state index in [9.17, 15) is 9.59 Å². The monoisotopic (exact) mass is 501 g/mol.